The number of carbonyl (C=O) groups excluding carboxylic acids is 1. The van der Waals surface area contributed by atoms with Crippen molar-refractivity contribution in [3.05, 3.63) is 40.3 Å². The number of nitrogens with zero attached hydrogens (tertiary/aromatic N) is 2. The molecule has 0 spiro atoms. The van der Waals surface area contributed by atoms with Gasteiger partial charge in [-0.3, -0.25) is 9.78 Å². The van der Waals surface area contributed by atoms with Crippen molar-refractivity contribution in [2.45, 2.75) is 39.8 Å². The highest BCUT2D eigenvalue weighted by Gasteiger charge is 2.24. The number of hydrogen-bond acceptors (Lipinski definition) is 3. The molecular weight excluding hydrogens is 268 g/mol. The van der Waals surface area contributed by atoms with Crippen LogP contribution in [-0.2, 0) is 0 Å². The summed E-state index contributed by atoms with van der Waals surface area (Å²) in [4.78, 5) is 28.5. The second-order valence-electron chi connectivity index (χ2n) is 5.47. The molecule has 0 saturated carbocycles. The highest BCUT2D eigenvalue weighted by atomic mass is 16.2. The molecule has 1 aromatic carbocycles. The Labute approximate surface area is 123 Å². The molecule has 6 nitrogen and oxygen atoms in total. The van der Waals surface area contributed by atoms with E-state index in [9.17, 15) is 9.59 Å². The molecule has 112 valence electrons. The molecule has 2 aromatic rings. The van der Waals surface area contributed by atoms with Gasteiger partial charge < -0.3 is 4.90 Å². The van der Waals surface area contributed by atoms with Crippen molar-refractivity contribution in [3.8, 4) is 11.4 Å². The first-order valence-electron chi connectivity index (χ1n) is 6.98. The van der Waals surface area contributed by atoms with Gasteiger partial charge in [-0.25, -0.2) is 9.89 Å². The quantitative estimate of drug-likeness (QED) is 0.903. The van der Waals surface area contributed by atoms with Crippen LogP contribution in [0, 0.1) is 0 Å². The first-order valence-corrected chi connectivity index (χ1v) is 6.98. The first-order chi connectivity index (χ1) is 9.91. The fourth-order valence-corrected chi connectivity index (χ4v) is 2.48. The molecule has 0 radical (unpaired) electrons. The first kappa shape index (κ1) is 15.0. The third-order valence-electron chi connectivity index (χ3n) is 3.26. The predicted molar refractivity (Wildman–Crippen MR) is 81.1 cm³/mol. The normalized spacial score (nSPS) is 11.1. The molecule has 2 N–H and O–H groups in total. The zero-order chi connectivity index (χ0) is 15.6. The van der Waals surface area contributed by atoms with Crippen LogP contribution in [0.1, 0.15) is 38.1 Å². The molecule has 0 fully saturated rings. The zero-order valence-electron chi connectivity index (χ0n) is 12.7. The molecule has 0 atom stereocenters. The lowest BCUT2D eigenvalue weighted by Gasteiger charge is -2.31. The molecule has 0 aliphatic rings. The van der Waals surface area contributed by atoms with E-state index in [1.165, 1.54) is 0 Å². The molecule has 0 saturated heterocycles. The van der Waals surface area contributed by atoms with E-state index in [1.807, 2.05) is 38.7 Å². The van der Waals surface area contributed by atoms with Gasteiger partial charge in [-0.2, -0.15) is 5.10 Å². The Bertz CT molecular complexity index is 677. The second kappa shape index (κ2) is 5.95. The fraction of sp³-hybridized carbons (Fsp3) is 0.400. The molecule has 1 heterocycles. The Kier molecular flexibility index (Phi) is 4.26. The second-order valence-corrected chi connectivity index (χ2v) is 5.47. The van der Waals surface area contributed by atoms with E-state index < -0.39 is 5.69 Å². The van der Waals surface area contributed by atoms with Crippen molar-refractivity contribution >= 4 is 5.91 Å². The van der Waals surface area contributed by atoms with E-state index in [0.717, 1.165) is 0 Å². The van der Waals surface area contributed by atoms with E-state index in [2.05, 4.69) is 15.2 Å². The van der Waals surface area contributed by atoms with Crippen molar-refractivity contribution in [3.63, 3.8) is 0 Å². The number of rotatable bonds is 4. The van der Waals surface area contributed by atoms with Crippen molar-refractivity contribution in [2.75, 3.05) is 0 Å². The molecule has 6 heteroatoms. The maximum Gasteiger partial charge on any atom is 0.340 e. The summed E-state index contributed by atoms with van der Waals surface area (Å²) >= 11 is 0. The number of hydrogen-bond donors (Lipinski definition) is 2. The van der Waals surface area contributed by atoms with Crippen LogP contribution >= 0.6 is 0 Å². The summed E-state index contributed by atoms with van der Waals surface area (Å²) in [7, 11) is 0. The number of carbonyl (C=O) groups is 1. The van der Waals surface area contributed by atoms with Gasteiger partial charge in [0.15, 0.2) is 5.82 Å². The Morgan fingerprint density at radius 3 is 2.29 bits per heavy atom. The lowest BCUT2D eigenvalue weighted by Crippen LogP contribution is -2.42. The lowest BCUT2D eigenvalue weighted by atomic mass is 10.0. The Balaban J connectivity index is 2.49. The Morgan fingerprint density at radius 1 is 1.14 bits per heavy atom. The standard InChI is InChI=1S/C15H20N4O2/c1-9(2)19(10(3)4)14(20)12-8-6-5-7-11(12)13-16-15(21)18-17-13/h5-10H,1-4H3,(H2,16,17,18,21). The van der Waals surface area contributed by atoms with Crippen molar-refractivity contribution < 1.29 is 4.79 Å². The van der Waals surface area contributed by atoms with E-state index in [0.29, 0.717) is 17.0 Å². The summed E-state index contributed by atoms with van der Waals surface area (Å²) in [6.45, 7) is 7.93. The Morgan fingerprint density at radius 2 is 1.76 bits per heavy atom. The number of aromatic nitrogens is 3. The molecule has 21 heavy (non-hydrogen) atoms. The third-order valence-corrected chi connectivity index (χ3v) is 3.26. The van der Waals surface area contributed by atoms with Crippen LogP contribution in [0.5, 0.6) is 0 Å². The maximum absolute atomic E-state index is 12.8. The number of amides is 1. The smallest absolute Gasteiger partial charge is 0.334 e. The number of benzene rings is 1. The van der Waals surface area contributed by atoms with Crippen LogP contribution in [0.15, 0.2) is 29.1 Å². The highest BCUT2D eigenvalue weighted by Crippen LogP contribution is 2.22. The van der Waals surface area contributed by atoms with Crippen LogP contribution < -0.4 is 5.69 Å². The summed E-state index contributed by atoms with van der Waals surface area (Å²) < 4.78 is 0. The lowest BCUT2D eigenvalue weighted by molar-refractivity contribution is 0.0644. The minimum absolute atomic E-state index is 0.0700. The average molecular weight is 288 g/mol. The van der Waals surface area contributed by atoms with Gasteiger partial charge in [0.2, 0.25) is 0 Å². The van der Waals surface area contributed by atoms with E-state index in [1.54, 1.807) is 18.2 Å². The minimum atomic E-state index is -0.392. The predicted octanol–water partition coefficient (Wildman–Crippen LogP) is 2.02. The van der Waals surface area contributed by atoms with Crippen molar-refractivity contribution in [2.24, 2.45) is 0 Å². The molecule has 1 aromatic heterocycles. The monoisotopic (exact) mass is 288 g/mol. The molecule has 0 aliphatic heterocycles. The summed E-state index contributed by atoms with van der Waals surface area (Å²) in [6, 6.07) is 7.32. The molecule has 0 unspecified atom stereocenters. The van der Waals surface area contributed by atoms with Crippen LogP contribution in [-0.4, -0.2) is 38.1 Å². The molecule has 0 bridgehead atoms. The summed E-state index contributed by atoms with van der Waals surface area (Å²) in [5.74, 6) is 0.302. The van der Waals surface area contributed by atoms with E-state index in [-0.39, 0.29) is 18.0 Å². The van der Waals surface area contributed by atoms with Gasteiger partial charge in [-0.15, -0.1) is 0 Å². The molecule has 2 rings (SSSR count). The van der Waals surface area contributed by atoms with Crippen LogP contribution in [0.3, 0.4) is 0 Å². The minimum Gasteiger partial charge on any atom is -0.334 e. The van der Waals surface area contributed by atoms with Crippen LogP contribution in [0.25, 0.3) is 11.4 Å². The van der Waals surface area contributed by atoms with Gasteiger partial charge in [-0.05, 0) is 33.8 Å². The van der Waals surface area contributed by atoms with Gasteiger partial charge in [0, 0.05) is 17.6 Å². The summed E-state index contributed by atoms with van der Waals surface area (Å²) in [6.07, 6.45) is 0. The number of aromatic amines is 2. The molecule has 1 amide bonds. The number of nitrogens with one attached hydrogen (secondary N) is 2. The third kappa shape index (κ3) is 3.04. The zero-order valence-corrected chi connectivity index (χ0v) is 12.7. The summed E-state index contributed by atoms with van der Waals surface area (Å²) in [5.41, 5.74) is 0.756. The van der Waals surface area contributed by atoms with Gasteiger partial charge in [0.1, 0.15) is 0 Å². The van der Waals surface area contributed by atoms with Gasteiger partial charge >= 0.3 is 5.69 Å². The SMILES string of the molecule is CC(C)N(C(=O)c1ccccc1-c1n[nH]c(=O)[nH]1)C(C)C. The van der Waals surface area contributed by atoms with Crippen molar-refractivity contribution in [1.29, 1.82) is 0 Å². The summed E-state index contributed by atoms with van der Waals surface area (Å²) in [5, 5.41) is 6.24. The van der Waals surface area contributed by atoms with Crippen LogP contribution in [0.2, 0.25) is 0 Å². The average Bonchev–Trinajstić information content (AvgIpc) is 2.84. The topological polar surface area (TPSA) is 81.8 Å². The number of H-pyrrole nitrogens is 2. The highest BCUT2D eigenvalue weighted by molar-refractivity contribution is 6.00. The molecular formula is C15H20N4O2. The van der Waals surface area contributed by atoms with Crippen molar-refractivity contribution in [1.82, 2.24) is 20.1 Å². The van der Waals surface area contributed by atoms with E-state index >= 15 is 0 Å². The van der Waals surface area contributed by atoms with Crippen LogP contribution in [0.4, 0.5) is 0 Å². The molecule has 0 aliphatic carbocycles. The fourth-order valence-electron chi connectivity index (χ4n) is 2.48. The van der Waals surface area contributed by atoms with Gasteiger partial charge in [-0.1, -0.05) is 18.2 Å². The Hall–Kier alpha value is -2.37. The van der Waals surface area contributed by atoms with Gasteiger partial charge in [0.05, 0.1) is 5.56 Å². The van der Waals surface area contributed by atoms with E-state index in [4.69, 9.17) is 0 Å². The largest absolute Gasteiger partial charge is 0.340 e. The van der Waals surface area contributed by atoms with Gasteiger partial charge in [0.25, 0.3) is 5.91 Å². The maximum atomic E-state index is 12.8.